The Morgan fingerprint density at radius 2 is 1.39 bits per heavy atom. The molecule has 23 heavy (non-hydrogen) atoms. The van der Waals surface area contributed by atoms with Crippen molar-refractivity contribution in [1.82, 2.24) is 0 Å². The van der Waals surface area contributed by atoms with Gasteiger partial charge in [-0.05, 0) is 18.3 Å². The van der Waals surface area contributed by atoms with Crippen molar-refractivity contribution in [3.8, 4) is 0 Å². The molecule has 0 heterocycles. The third kappa shape index (κ3) is 13.0. The highest BCUT2D eigenvalue weighted by Crippen LogP contribution is 2.33. The first-order chi connectivity index (χ1) is 10.4. The molecule has 0 bridgehead atoms. The Morgan fingerprint density at radius 3 is 1.65 bits per heavy atom. The van der Waals surface area contributed by atoms with Gasteiger partial charge < -0.3 is 20.4 Å². The van der Waals surface area contributed by atoms with Crippen LogP contribution in [0.15, 0.2) is 0 Å². The number of unbranched alkanes of at least 4 members (excludes halogenated alkanes) is 3. The van der Waals surface area contributed by atoms with E-state index in [2.05, 4.69) is 13.8 Å². The van der Waals surface area contributed by atoms with E-state index in [4.69, 9.17) is 10.2 Å². The van der Waals surface area contributed by atoms with Gasteiger partial charge in [0.2, 0.25) is 0 Å². The van der Waals surface area contributed by atoms with E-state index in [1.807, 2.05) is 20.8 Å². The fraction of sp³-hybridized carbons (Fsp3) is 0.882. The van der Waals surface area contributed by atoms with Gasteiger partial charge in [-0.15, -0.1) is 0 Å². The summed E-state index contributed by atoms with van der Waals surface area (Å²) in [6.07, 6.45) is 5.36. The number of aliphatic carboxylic acids is 2. The molecule has 138 valence electrons. The molecule has 0 aromatic rings. The molecule has 0 aromatic carbocycles. The Morgan fingerprint density at radius 1 is 0.957 bits per heavy atom. The Kier molecular flexibility index (Phi) is 12.0. The first-order valence-corrected chi connectivity index (χ1v) is 8.28. The summed E-state index contributed by atoms with van der Waals surface area (Å²) in [5, 5.41) is 36.3. The van der Waals surface area contributed by atoms with Crippen molar-refractivity contribution in [2.75, 3.05) is 0 Å². The lowest BCUT2D eigenvalue weighted by molar-refractivity contribution is -0.226. The number of rotatable bonds is 9. The van der Waals surface area contributed by atoms with Crippen molar-refractivity contribution < 1.29 is 30.0 Å². The fourth-order valence-electron chi connectivity index (χ4n) is 2.16. The number of carboxylic acids is 2. The number of carbonyl (C=O) groups is 2. The quantitative estimate of drug-likeness (QED) is 0.380. The highest BCUT2D eigenvalue weighted by atomic mass is 16.5. The highest BCUT2D eigenvalue weighted by Gasteiger charge is 2.43. The Labute approximate surface area is 139 Å². The molecule has 0 aromatic heterocycles. The van der Waals surface area contributed by atoms with Gasteiger partial charge in [-0.3, -0.25) is 4.79 Å². The van der Waals surface area contributed by atoms with E-state index in [9.17, 15) is 19.8 Å². The summed E-state index contributed by atoms with van der Waals surface area (Å²) in [5.74, 6) is -6.75. The second-order valence-corrected chi connectivity index (χ2v) is 7.13. The zero-order valence-corrected chi connectivity index (χ0v) is 15.1. The third-order valence-corrected chi connectivity index (χ3v) is 3.41. The lowest BCUT2D eigenvalue weighted by atomic mass is 9.78. The number of hydrogen-bond donors (Lipinski definition) is 4. The van der Waals surface area contributed by atoms with Crippen LogP contribution >= 0.6 is 0 Å². The summed E-state index contributed by atoms with van der Waals surface area (Å²) in [7, 11) is 0. The summed E-state index contributed by atoms with van der Waals surface area (Å²) in [6, 6.07) is 0. The van der Waals surface area contributed by atoms with Gasteiger partial charge in [0.1, 0.15) is 0 Å². The molecule has 0 aliphatic carbocycles. The molecule has 0 rings (SSSR count). The molecule has 0 spiro atoms. The van der Waals surface area contributed by atoms with Crippen LogP contribution in [-0.2, 0) is 9.59 Å². The van der Waals surface area contributed by atoms with Gasteiger partial charge in [0.15, 0.2) is 0 Å². The standard InChI is InChI=1S/C11H20O6.C6H14/c1-10(2,3)6-7(4-5-8(12)13)11(16,17)9(14)15;1-3-5-6-4-2/h7,16-17H,4-6H2,1-3H3,(H,12,13)(H,14,15);3-6H2,1-2H3. The number of hydrogen-bond acceptors (Lipinski definition) is 4. The zero-order chi connectivity index (χ0) is 18.7. The van der Waals surface area contributed by atoms with Gasteiger partial charge >= 0.3 is 11.9 Å². The molecule has 0 fully saturated rings. The predicted molar refractivity (Wildman–Crippen MR) is 89.1 cm³/mol. The van der Waals surface area contributed by atoms with Gasteiger partial charge in [0.25, 0.3) is 5.79 Å². The van der Waals surface area contributed by atoms with E-state index in [1.165, 1.54) is 25.7 Å². The Balaban J connectivity index is 0. The van der Waals surface area contributed by atoms with Crippen molar-refractivity contribution in [2.45, 2.75) is 85.4 Å². The normalized spacial score (nSPS) is 13.0. The third-order valence-electron chi connectivity index (χ3n) is 3.41. The summed E-state index contributed by atoms with van der Waals surface area (Å²) >= 11 is 0. The minimum atomic E-state index is -2.89. The molecule has 0 radical (unpaired) electrons. The minimum absolute atomic E-state index is 0.0914. The molecule has 1 atom stereocenters. The molecule has 0 amide bonds. The van der Waals surface area contributed by atoms with Crippen LogP contribution in [0.5, 0.6) is 0 Å². The Bertz CT molecular complexity index is 339. The van der Waals surface area contributed by atoms with Crippen molar-refractivity contribution in [3.63, 3.8) is 0 Å². The average molecular weight is 334 g/mol. The van der Waals surface area contributed by atoms with Crippen molar-refractivity contribution in [2.24, 2.45) is 11.3 Å². The van der Waals surface area contributed by atoms with E-state index in [0.717, 1.165) is 0 Å². The van der Waals surface area contributed by atoms with E-state index in [1.54, 1.807) is 0 Å². The molecule has 0 aliphatic rings. The molecule has 0 saturated heterocycles. The first kappa shape index (κ1) is 24.1. The van der Waals surface area contributed by atoms with Gasteiger partial charge in [0, 0.05) is 12.3 Å². The largest absolute Gasteiger partial charge is 0.481 e. The van der Waals surface area contributed by atoms with Crippen molar-refractivity contribution >= 4 is 11.9 Å². The molecular weight excluding hydrogens is 300 g/mol. The van der Waals surface area contributed by atoms with Crippen LogP contribution in [0, 0.1) is 11.3 Å². The summed E-state index contributed by atoms with van der Waals surface area (Å²) in [4.78, 5) is 21.2. The average Bonchev–Trinajstić information content (AvgIpc) is 2.40. The monoisotopic (exact) mass is 334 g/mol. The van der Waals surface area contributed by atoms with E-state index in [0.29, 0.717) is 0 Å². The number of aliphatic hydroxyl groups is 2. The minimum Gasteiger partial charge on any atom is -0.481 e. The summed E-state index contributed by atoms with van der Waals surface area (Å²) in [5.41, 5.74) is -0.324. The lowest BCUT2D eigenvalue weighted by Crippen LogP contribution is -2.47. The van der Waals surface area contributed by atoms with E-state index in [-0.39, 0.29) is 24.7 Å². The van der Waals surface area contributed by atoms with Crippen LogP contribution in [0.4, 0.5) is 0 Å². The van der Waals surface area contributed by atoms with Crippen molar-refractivity contribution in [3.05, 3.63) is 0 Å². The molecule has 4 N–H and O–H groups in total. The van der Waals surface area contributed by atoms with E-state index < -0.39 is 23.6 Å². The molecular formula is C17H34O6. The lowest BCUT2D eigenvalue weighted by Gasteiger charge is -2.32. The van der Waals surface area contributed by atoms with Gasteiger partial charge in [-0.1, -0.05) is 60.3 Å². The number of carboxylic acid groups (broad SMARTS) is 2. The molecule has 6 heteroatoms. The van der Waals surface area contributed by atoms with Gasteiger partial charge in [-0.25, -0.2) is 4.79 Å². The molecule has 1 unspecified atom stereocenters. The smallest absolute Gasteiger partial charge is 0.364 e. The zero-order valence-electron chi connectivity index (χ0n) is 15.1. The summed E-state index contributed by atoms with van der Waals surface area (Å²) < 4.78 is 0. The maximum absolute atomic E-state index is 10.7. The van der Waals surface area contributed by atoms with Crippen LogP contribution in [0.3, 0.4) is 0 Å². The fourth-order valence-corrected chi connectivity index (χ4v) is 2.16. The van der Waals surface area contributed by atoms with Crippen LogP contribution in [0.1, 0.15) is 79.6 Å². The van der Waals surface area contributed by atoms with Crippen LogP contribution in [0.25, 0.3) is 0 Å². The maximum Gasteiger partial charge on any atom is 0.364 e. The SMILES string of the molecule is CC(C)(C)CC(CCC(=O)O)C(O)(O)C(=O)O.CCCCCC. The van der Waals surface area contributed by atoms with Crippen molar-refractivity contribution in [1.29, 1.82) is 0 Å². The predicted octanol–water partition coefficient (Wildman–Crippen LogP) is 3.26. The van der Waals surface area contributed by atoms with Crippen LogP contribution in [0.2, 0.25) is 0 Å². The topological polar surface area (TPSA) is 115 Å². The Hall–Kier alpha value is -1.14. The van der Waals surface area contributed by atoms with Crippen LogP contribution < -0.4 is 0 Å². The first-order valence-electron chi connectivity index (χ1n) is 8.28. The van der Waals surface area contributed by atoms with Crippen LogP contribution in [-0.4, -0.2) is 38.2 Å². The van der Waals surface area contributed by atoms with E-state index >= 15 is 0 Å². The second kappa shape index (κ2) is 11.4. The molecule has 0 aliphatic heterocycles. The molecule has 6 nitrogen and oxygen atoms in total. The molecule has 0 saturated carbocycles. The van der Waals surface area contributed by atoms with Gasteiger partial charge in [0.05, 0.1) is 0 Å². The van der Waals surface area contributed by atoms with Gasteiger partial charge in [-0.2, -0.15) is 0 Å². The maximum atomic E-state index is 10.7. The highest BCUT2D eigenvalue weighted by molar-refractivity contribution is 5.75. The second-order valence-electron chi connectivity index (χ2n) is 7.13. The summed E-state index contributed by atoms with van der Waals surface area (Å²) in [6.45, 7) is 9.92.